The first kappa shape index (κ1) is 15.9. The molecule has 1 aromatic carbocycles. The van der Waals surface area contributed by atoms with Crippen LogP contribution in [0.3, 0.4) is 0 Å². The monoisotopic (exact) mass is 308 g/mol. The third kappa shape index (κ3) is 3.57. The van der Waals surface area contributed by atoms with E-state index in [4.69, 9.17) is 16.3 Å². The molecule has 4 nitrogen and oxygen atoms in total. The number of carbonyl (C=O) groups is 1. The van der Waals surface area contributed by atoms with Gasteiger partial charge in [0.1, 0.15) is 5.69 Å². The quantitative estimate of drug-likeness (QED) is 0.658. The summed E-state index contributed by atoms with van der Waals surface area (Å²) in [6.45, 7) is 3.05. The lowest BCUT2D eigenvalue weighted by molar-refractivity contribution is 0.0519. The van der Waals surface area contributed by atoms with Crippen LogP contribution in [0.15, 0.2) is 18.2 Å². The van der Waals surface area contributed by atoms with E-state index in [9.17, 15) is 4.79 Å². The van der Waals surface area contributed by atoms with Gasteiger partial charge in [-0.2, -0.15) is 0 Å². The molecule has 0 atom stereocenters. The van der Waals surface area contributed by atoms with Crippen LogP contribution in [0.25, 0.3) is 10.9 Å². The SMILES string of the molecule is CCOC(=O)c1[nH]c2ccc(CCl)cc2c1CCN(C)C. The van der Waals surface area contributed by atoms with Gasteiger partial charge in [0, 0.05) is 23.3 Å². The summed E-state index contributed by atoms with van der Waals surface area (Å²) < 4.78 is 5.15. The number of alkyl halides is 1. The molecule has 0 spiro atoms. The number of nitrogens with zero attached hydrogens (tertiary/aromatic N) is 1. The maximum absolute atomic E-state index is 12.1. The topological polar surface area (TPSA) is 45.3 Å². The number of carbonyl (C=O) groups excluding carboxylic acids is 1. The molecule has 2 aromatic rings. The maximum atomic E-state index is 12.1. The summed E-state index contributed by atoms with van der Waals surface area (Å²) >= 11 is 5.92. The fourth-order valence-corrected chi connectivity index (χ4v) is 2.52. The van der Waals surface area contributed by atoms with E-state index in [2.05, 4.69) is 9.88 Å². The van der Waals surface area contributed by atoms with Gasteiger partial charge in [0.05, 0.1) is 6.61 Å². The van der Waals surface area contributed by atoms with Gasteiger partial charge in [0.25, 0.3) is 0 Å². The highest BCUT2D eigenvalue weighted by atomic mass is 35.5. The van der Waals surface area contributed by atoms with Crippen molar-refractivity contribution in [2.75, 3.05) is 27.2 Å². The molecular formula is C16H21ClN2O2. The van der Waals surface area contributed by atoms with Gasteiger partial charge in [-0.05, 0) is 50.7 Å². The predicted molar refractivity (Wildman–Crippen MR) is 86.1 cm³/mol. The van der Waals surface area contributed by atoms with Gasteiger partial charge in [-0.3, -0.25) is 0 Å². The molecule has 1 heterocycles. The Balaban J connectivity index is 2.49. The zero-order valence-electron chi connectivity index (χ0n) is 12.7. The first-order valence-electron chi connectivity index (χ1n) is 7.08. The molecule has 0 saturated heterocycles. The van der Waals surface area contributed by atoms with E-state index < -0.39 is 0 Å². The van der Waals surface area contributed by atoms with Crippen molar-refractivity contribution in [1.82, 2.24) is 9.88 Å². The van der Waals surface area contributed by atoms with Crippen LogP contribution in [0.1, 0.15) is 28.5 Å². The molecule has 0 aliphatic carbocycles. The molecule has 2 rings (SSSR count). The number of aromatic nitrogens is 1. The van der Waals surface area contributed by atoms with E-state index >= 15 is 0 Å². The fourth-order valence-electron chi connectivity index (χ4n) is 2.35. The lowest BCUT2D eigenvalue weighted by Crippen LogP contribution is -2.17. The van der Waals surface area contributed by atoms with Crippen LogP contribution >= 0.6 is 11.6 Å². The number of hydrogen-bond acceptors (Lipinski definition) is 3. The van der Waals surface area contributed by atoms with Crippen molar-refractivity contribution in [2.45, 2.75) is 19.2 Å². The average molecular weight is 309 g/mol. The normalized spacial score (nSPS) is 11.3. The smallest absolute Gasteiger partial charge is 0.355 e. The van der Waals surface area contributed by atoms with Crippen molar-refractivity contribution in [2.24, 2.45) is 0 Å². The average Bonchev–Trinajstić information content (AvgIpc) is 2.83. The second kappa shape index (κ2) is 6.96. The molecule has 0 aliphatic heterocycles. The highest BCUT2D eigenvalue weighted by Gasteiger charge is 2.19. The summed E-state index contributed by atoms with van der Waals surface area (Å²) in [6.07, 6.45) is 0.785. The number of nitrogens with one attached hydrogen (secondary N) is 1. The Morgan fingerprint density at radius 1 is 1.38 bits per heavy atom. The molecule has 5 heteroatoms. The van der Waals surface area contributed by atoms with E-state index in [1.165, 1.54) is 0 Å². The molecule has 0 amide bonds. The summed E-state index contributed by atoms with van der Waals surface area (Å²) in [7, 11) is 4.03. The predicted octanol–water partition coefficient (Wildman–Crippen LogP) is 3.19. The first-order valence-corrected chi connectivity index (χ1v) is 7.61. The molecular weight excluding hydrogens is 288 g/mol. The molecule has 0 aliphatic rings. The number of ether oxygens (including phenoxy) is 1. The maximum Gasteiger partial charge on any atom is 0.355 e. The first-order chi connectivity index (χ1) is 10.1. The molecule has 1 N–H and O–H groups in total. The highest BCUT2D eigenvalue weighted by Crippen LogP contribution is 2.25. The number of benzene rings is 1. The van der Waals surface area contributed by atoms with Crippen LogP contribution in [-0.2, 0) is 17.0 Å². The van der Waals surface area contributed by atoms with E-state index in [-0.39, 0.29) is 5.97 Å². The van der Waals surface area contributed by atoms with Crippen LogP contribution in [0.2, 0.25) is 0 Å². The van der Waals surface area contributed by atoms with E-state index in [1.807, 2.05) is 39.2 Å². The van der Waals surface area contributed by atoms with Crippen molar-refractivity contribution < 1.29 is 9.53 Å². The molecule has 0 fully saturated rings. The summed E-state index contributed by atoms with van der Waals surface area (Å²) in [4.78, 5) is 17.4. The molecule has 0 radical (unpaired) electrons. The minimum atomic E-state index is -0.296. The Labute approximate surface area is 130 Å². The number of hydrogen-bond donors (Lipinski definition) is 1. The van der Waals surface area contributed by atoms with Gasteiger partial charge in [-0.15, -0.1) is 11.6 Å². The van der Waals surface area contributed by atoms with Crippen molar-refractivity contribution in [3.8, 4) is 0 Å². The Kier molecular flexibility index (Phi) is 5.26. The van der Waals surface area contributed by atoms with E-state index in [0.29, 0.717) is 18.2 Å². The van der Waals surface area contributed by atoms with Crippen LogP contribution in [-0.4, -0.2) is 43.1 Å². The summed E-state index contributed by atoms with van der Waals surface area (Å²) in [5.41, 5.74) is 3.55. The van der Waals surface area contributed by atoms with Crippen molar-refractivity contribution in [1.29, 1.82) is 0 Å². The summed E-state index contributed by atoms with van der Waals surface area (Å²) in [5, 5.41) is 1.05. The van der Waals surface area contributed by atoms with Gasteiger partial charge < -0.3 is 14.6 Å². The van der Waals surface area contributed by atoms with Gasteiger partial charge in [0.2, 0.25) is 0 Å². The number of H-pyrrole nitrogens is 1. The van der Waals surface area contributed by atoms with Crippen molar-refractivity contribution in [3.63, 3.8) is 0 Å². The van der Waals surface area contributed by atoms with E-state index in [0.717, 1.165) is 35.0 Å². The fraction of sp³-hybridized carbons (Fsp3) is 0.438. The third-order valence-corrected chi connectivity index (χ3v) is 3.72. The van der Waals surface area contributed by atoms with Crippen molar-refractivity contribution >= 4 is 28.5 Å². The summed E-state index contributed by atoms with van der Waals surface area (Å²) in [5.74, 6) is 0.165. The van der Waals surface area contributed by atoms with Crippen LogP contribution in [0, 0.1) is 0 Å². The van der Waals surface area contributed by atoms with Gasteiger partial charge in [0.15, 0.2) is 0 Å². The second-order valence-electron chi connectivity index (χ2n) is 5.27. The number of fused-ring (bicyclic) bond motifs is 1. The second-order valence-corrected chi connectivity index (χ2v) is 5.53. The molecule has 114 valence electrons. The number of halogens is 1. The van der Waals surface area contributed by atoms with Gasteiger partial charge >= 0.3 is 5.97 Å². The number of rotatable bonds is 6. The molecule has 0 bridgehead atoms. The highest BCUT2D eigenvalue weighted by molar-refractivity contribution is 6.17. The lowest BCUT2D eigenvalue weighted by Gasteiger charge is -2.10. The van der Waals surface area contributed by atoms with Crippen LogP contribution in [0.5, 0.6) is 0 Å². The molecule has 0 unspecified atom stereocenters. The van der Waals surface area contributed by atoms with Gasteiger partial charge in [-0.25, -0.2) is 4.79 Å². The molecule has 1 aromatic heterocycles. The minimum Gasteiger partial charge on any atom is -0.461 e. The standard InChI is InChI=1S/C16H21ClN2O2/c1-4-21-16(20)15-12(7-8-19(2)3)13-9-11(10-17)5-6-14(13)18-15/h5-6,9,18H,4,7-8,10H2,1-3H3. The number of aromatic amines is 1. The summed E-state index contributed by atoms with van der Waals surface area (Å²) in [6, 6.07) is 5.98. The molecule has 21 heavy (non-hydrogen) atoms. The van der Waals surface area contributed by atoms with Crippen LogP contribution < -0.4 is 0 Å². The Bertz CT molecular complexity index is 634. The number of esters is 1. The zero-order valence-corrected chi connectivity index (χ0v) is 13.5. The Morgan fingerprint density at radius 2 is 2.14 bits per heavy atom. The Morgan fingerprint density at radius 3 is 2.76 bits per heavy atom. The Hall–Kier alpha value is -1.52. The van der Waals surface area contributed by atoms with Crippen LogP contribution in [0.4, 0.5) is 0 Å². The number of likely N-dealkylation sites (N-methyl/N-ethyl adjacent to an activating group) is 1. The minimum absolute atomic E-state index is 0.296. The van der Waals surface area contributed by atoms with E-state index in [1.54, 1.807) is 0 Å². The largest absolute Gasteiger partial charge is 0.461 e. The lowest BCUT2D eigenvalue weighted by atomic mass is 10.1. The van der Waals surface area contributed by atoms with Gasteiger partial charge in [-0.1, -0.05) is 6.07 Å². The molecule has 0 saturated carbocycles. The van der Waals surface area contributed by atoms with Crippen molar-refractivity contribution in [3.05, 3.63) is 35.0 Å². The zero-order chi connectivity index (χ0) is 15.4. The third-order valence-electron chi connectivity index (χ3n) is 3.41.